The zero-order chi connectivity index (χ0) is 19.0. The van der Waals surface area contributed by atoms with Gasteiger partial charge in [-0.1, -0.05) is 0 Å². The number of hydrogen-bond acceptors (Lipinski definition) is 2. The van der Waals surface area contributed by atoms with Gasteiger partial charge in [0, 0.05) is 0 Å². The van der Waals surface area contributed by atoms with Crippen LogP contribution in [0, 0.1) is 0 Å². The van der Waals surface area contributed by atoms with Crippen molar-refractivity contribution >= 4 is 0 Å². The van der Waals surface area contributed by atoms with Gasteiger partial charge in [0.05, 0.1) is 0 Å². The fourth-order valence-corrected chi connectivity index (χ4v) is 0.321. The van der Waals surface area contributed by atoms with E-state index in [1.807, 2.05) is 0 Å². The average Bonchev–Trinajstić information content (AvgIpc) is 2.10. The molecule has 2 N–H and O–H groups in total. The summed E-state index contributed by atoms with van der Waals surface area (Å²) in [5.74, 6) is 0. The molecule has 136 valence electrons. The summed E-state index contributed by atoms with van der Waals surface area (Å²) in [6.07, 6.45) is -22.8. The Balaban J connectivity index is -0.000000333. The summed E-state index contributed by atoms with van der Waals surface area (Å²) in [6.45, 7) is -0.681. The summed E-state index contributed by atoms with van der Waals surface area (Å²) in [5, 5.41) is 15.9. The zero-order valence-corrected chi connectivity index (χ0v) is 12.8. The van der Waals surface area contributed by atoms with Gasteiger partial charge in [0.2, 0.25) is 0 Å². The van der Waals surface area contributed by atoms with Gasteiger partial charge < -0.3 is 10.2 Å². The minimum Gasteiger partial charge on any atom is -0.374 e. The maximum absolute atomic E-state index is 11.4. The Hall–Kier alpha value is -0.232. The Morgan fingerprint density at radius 1 is 0.435 bits per heavy atom. The molecule has 15 heteroatoms. The van der Waals surface area contributed by atoms with Gasteiger partial charge in [-0.05, 0) is 13.8 Å². The molecule has 0 saturated heterocycles. The maximum Gasteiger partial charge on any atom is 6.00 e. The SMILES string of the molecule is CC(O)(C(F)(F)F)C(F)(F)F.CC(O)(C(F)(F)F)C(F)(F)F.[Mo+6]. The van der Waals surface area contributed by atoms with E-state index in [1.54, 1.807) is 0 Å². The molecule has 0 atom stereocenters. The molecule has 0 aromatic carbocycles. The Labute approximate surface area is 134 Å². The predicted molar refractivity (Wildman–Crippen MR) is 45.5 cm³/mol. The van der Waals surface area contributed by atoms with Gasteiger partial charge in [-0.15, -0.1) is 0 Å². The van der Waals surface area contributed by atoms with Crippen LogP contribution < -0.4 is 0 Å². The van der Waals surface area contributed by atoms with Crippen LogP contribution in [0.15, 0.2) is 0 Å². The second kappa shape index (κ2) is 7.34. The molecule has 0 aliphatic rings. The van der Waals surface area contributed by atoms with Crippen LogP contribution >= 0.6 is 0 Å². The van der Waals surface area contributed by atoms with Crippen molar-refractivity contribution in [3.05, 3.63) is 0 Å². The van der Waals surface area contributed by atoms with E-state index in [9.17, 15) is 52.7 Å². The molecule has 0 fully saturated rings. The molecule has 0 aromatic rings. The fraction of sp³-hybridized carbons (Fsp3) is 1.00. The number of aliphatic hydroxyl groups is 2. The Kier molecular flexibility index (Phi) is 8.81. The quantitative estimate of drug-likeness (QED) is 0.428. The summed E-state index contributed by atoms with van der Waals surface area (Å²) in [4.78, 5) is 0. The van der Waals surface area contributed by atoms with E-state index < -0.39 is 35.9 Å². The van der Waals surface area contributed by atoms with Crippen molar-refractivity contribution < 1.29 is 84.0 Å². The fourth-order valence-electron chi connectivity index (χ4n) is 0.321. The average molecular weight is 460 g/mol. The van der Waals surface area contributed by atoms with Gasteiger partial charge >= 0.3 is 45.8 Å². The van der Waals surface area contributed by atoms with Crippen LogP contribution in [-0.4, -0.2) is 46.1 Å². The van der Waals surface area contributed by atoms with E-state index in [0.29, 0.717) is 0 Å². The first-order valence-corrected chi connectivity index (χ1v) is 4.72. The molecule has 0 heterocycles. The van der Waals surface area contributed by atoms with Gasteiger partial charge in [-0.25, -0.2) is 0 Å². The van der Waals surface area contributed by atoms with Crippen LogP contribution in [0.1, 0.15) is 13.8 Å². The largest absolute Gasteiger partial charge is 6.00 e. The molecule has 0 saturated carbocycles. The van der Waals surface area contributed by atoms with Crippen molar-refractivity contribution in [1.29, 1.82) is 0 Å². The Bertz CT molecular complexity index is 293. The molecule has 2 nitrogen and oxygen atoms in total. The summed E-state index contributed by atoms with van der Waals surface area (Å²) in [5.41, 5.74) is -9.25. The van der Waals surface area contributed by atoms with Crippen molar-refractivity contribution in [2.75, 3.05) is 0 Å². The molecular weight excluding hydrogens is 452 g/mol. The predicted octanol–water partition coefficient (Wildman–Crippen LogP) is 3.72. The van der Waals surface area contributed by atoms with Crippen molar-refractivity contribution in [1.82, 2.24) is 0 Å². The molecule has 0 aromatic heterocycles. The second-order valence-electron chi connectivity index (χ2n) is 4.14. The van der Waals surface area contributed by atoms with E-state index >= 15 is 0 Å². The Morgan fingerprint density at radius 2 is 0.522 bits per heavy atom. The smallest absolute Gasteiger partial charge is 0.374 e. The molecule has 0 unspecified atom stereocenters. The van der Waals surface area contributed by atoms with Crippen molar-refractivity contribution in [3.63, 3.8) is 0 Å². The molecule has 23 heavy (non-hydrogen) atoms. The van der Waals surface area contributed by atoms with E-state index in [1.165, 1.54) is 0 Å². The monoisotopic (exact) mass is 462 g/mol. The van der Waals surface area contributed by atoms with Crippen LogP contribution in [0.2, 0.25) is 0 Å². The van der Waals surface area contributed by atoms with Gasteiger partial charge in [0.15, 0.2) is 0 Å². The third-order valence-corrected chi connectivity index (χ3v) is 2.21. The van der Waals surface area contributed by atoms with Crippen molar-refractivity contribution in [3.8, 4) is 0 Å². The molecule has 0 bridgehead atoms. The summed E-state index contributed by atoms with van der Waals surface area (Å²) < 4.78 is 136. The number of halogens is 12. The number of hydrogen-bond donors (Lipinski definition) is 2. The zero-order valence-electron chi connectivity index (χ0n) is 10.8. The second-order valence-corrected chi connectivity index (χ2v) is 4.14. The van der Waals surface area contributed by atoms with Crippen LogP contribution in [0.4, 0.5) is 52.7 Å². The number of alkyl halides is 12. The van der Waals surface area contributed by atoms with E-state index in [4.69, 9.17) is 10.2 Å². The Morgan fingerprint density at radius 3 is 0.522 bits per heavy atom. The molecule has 0 spiro atoms. The van der Waals surface area contributed by atoms with Crippen LogP contribution in [-0.2, 0) is 21.1 Å². The molecule has 0 amide bonds. The first-order valence-electron chi connectivity index (χ1n) is 4.72. The van der Waals surface area contributed by atoms with Crippen molar-refractivity contribution in [2.24, 2.45) is 0 Å². The minimum absolute atomic E-state index is 0. The third-order valence-electron chi connectivity index (χ3n) is 2.21. The molecular formula is C8H8F12MoO2+6. The van der Waals surface area contributed by atoms with Gasteiger partial charge in [0.25, 0.3) is 11.2 Å². The topological polar surface area (TPSA) is 40.5 Å². The van der Waals surface area contributed by atoms with Crippen LogP contribution in [0.5, 0.6) is 0 Å². The summed E-state index contributed by atoms with van der Waals surface area (Å²) in [6, 6.07) is 0. The standard InChI is InChI=1S/2C4H4F6O.Mo/c2*1-2(11,3(5,6)7)4(8,9)10;/h2*11H,1H3;/q;;+6. The molecule has 0 radical (unpaired) electrons. The third kappa shape index (κ3) is 6.65. The van der Waals surface area contributed by atoms with E-state index in [0.717, 1.165) is 0 Å². The van der Waals surface area contributed by atoms with Crippen molar-refractivity contribution in [2.45, 2.75) is 49.8 Å². The summed E-state index contributed by atoms with van der Waals surface area (Å²) in [7, 11) is 0. The van der Waals surface area contributed by atoms with Crippen LogP contribution in [0.3, 0.4) is 0 Å². The van der Waals surface area contributed by atoms with Gasteiger partial charge in [-0.3, -0.25) is 0 Å². The van der Waals surface area contributed by atoms with E-state index in [-0.39, 0.29) is 34.9 Å². The van der Waals surface area contributed by atoms with E-state index in [2.05, 4.69) is 0 Å². The number of rotatable bonds is 0. The van der Waals surface area contributed by atoms with Gasteiger partial charge in [-0.2, -0.15) is 52.7 Å². The first-order chi connectivity index (χ1) is 9.00. The minimum atomic E-state index is -5.69. The van der Waals surface area contributed by atoms with Crippen LogP contribution in [0.25, 0.3) is 0 Å². The summed E-state index contributed by atoms with van der Waals surface area (Å²) >= 11 is 0. The molecule has 0 aliphatic heterocycles. The first kappa shape index (κ1) is 27.6. The normalized spacial score (nSPS) is 14.6. The maximum atomic E-state index is 11.4. The molecule has 0 aliphatic carbocycles. The van der Waals surface area contributed by atoms with Gasteiger partial charge in [0.1, 0.15) is 0 Å². The molecule has 0 rings (SSSR count).